The van der Waals surface area contributed by atoms with Crippen LogP contribution in [0.5, 0.6) is 0 Å². The first-order chi connectivity index (χ1) is 7.58. The molecule has 0 amide bonds. The van der Waals surface area contributed by atoms with Gasteiger partial charge in [-0.3, -0.25) is 0 Å². The van der Waals surface area contributed by atoms with E-state index in [4.69, 9.17) is 11.6 Å². The molecule has 0 aliphatic rings. The maximum atomic E-state index is 13.1. The lowest BCUT2D eigenvalue weighted by molar-refractivity contribution is 0.223. The van der Waals surface area contributed by atoms with Gasteiger partial charge in [-0.25, -0.2) is 4.39 Å². The maximum absolute atomic E-state index is 13.1. The van der Waals surface area contributed by atoms with Crippen molar-refractivity contribution in [2.75, 3.05) is 0 Å². The van der Waals surface area contributed by atoms with Crippen molar-refractivity contribution >= 4 is 22.9 Å². The van der Waals surface area contributed by atoms with E-state index in [0.717, 1.165) is 10.4 Å². The summed E-state index contributed by atoms with van der Waals surface area (Å²) in [5.41, 5.74) is 1.44. The van der Waals surface area contributed by atoms with Crippen molar-refractivity contribution in [3.8, 4) is 0 Å². The zero-order chi connectivity index (χ0) is 11.7. The molecule has 0 spiro atoms. The van der Waals surface area contributed by atoms with Gasteiger partial charge in [-0.05, 0) is 42.3 Å². The predicted octanol–water partition coefficient (Wildman–Crippen LogP) is 3.93. The SMILES string of the molecule is Cc1ccc(F)cc1C(O)c1ccc(Cl)s1. The molecule has 1 N–H and O–H groups in total. The monoisotopic (exact) mass is 256 g/mol. The molecule has 1 unspecified atom stereocenters. The highest BCUT2D eigenvalue weighted by Crippen LogP contribution is 2.32. The standard InChI is InChI=1S/C12H10ClFOS/c1-7-2-3-8(14)6-9(7)12(15)10-4-5-11(13)16-10/h2-6,12,15H,1H3. The van der Waals surface area contributed by atoms with E-state index >= 15 is 0 Å². The smallest absolute Gasteiger partial charge is 0.123 e. The molecule has 0 saturated carbocycles. The largest absolute Gasteiger partial charge is 0.383 e. The molecule has 0 bridgehead atoms. The van der Waals surface area contributed by atoms with Gasteiger partial charge in [-0.1, -0.05) is 17.7 Å². The Balaban J connectivity index is 2.40. The molecule has 1 atom stereocenters. The van der Waals surface area contributed by atoms with E-state index < -0.39 is 6.10 Å². The molecular weight excluding hydrogens is 247 g/mol. The molecule has 2 rings (SSSR count). The van der Waals surface area contributed by atoms with Gasteiger partial charge in [0.1, 0.15) is 11.9 Å². The predicted molar refractivity (Wildman–Crippen MR) is 64.5 cm³/mol. The molecule has 0 saturated heterocycles. The third-order valence-electron chi connectivity index (χ3n) is 2.40. The van der Waals surface area contributed by atoms with Gasteiger partial charge in [0, 0.05) is 4.88 Å². The quantitative estimate of drug-likeness (QED) is 0.863. The van der Waals surface area contributed by atoms with Crippen LogP contribution in [0, 0.1) is 12.7 Å². The van der Waals surface area contributed by atoms with Gasteiger partial charge < -0.3 is 5.11 Å². The van der Waals surface area contributed by atoms with Crippen LogP contribution in [0.2, 0.25) is 4.34 Å². The Morgan fingerprint density at radius 3 is 2.69 bits per heavy atom. The van der Waals surface area contributed by atoms with Gasteiger partial charge in [0.05, 0.1) is 4.34 Å². The molecule has 4 heteroatoms. The zero-order valence-corrected chi connectivity index (χ0v) is 10.1. The van der Waals surface area contributed by atoms with E-state index in [1.165, 1.54) is 23.5 Å². The van der Waals surface area contributed by atoms with Crippen LogP contribution in [0.25, 0.3) is 0 Å². The molecule has 1 heterocycles. The Labute approximate surface area is 102 Å². The van der Waals surface area contributed by atoms with Crippen molar-refractivity contribution in [2.45, 2.75) is 13.0 Å². The van der Waals surface area contributed by atoms with Crippen LogP contribution in [0.15, 0.2) is 30.3 Å². The second-order valence-corrected chi connectivity index (χ2v) is 5.29. The normalized spacial score (nSPS) is 12.8. The van der Waals surface area contributed by atoms with Crippen molar-refractivity contribution in [1.82, 2.24) is 0 Å². The molecule has 0 aliphatic carbocycles. The molecule has 1 aromatic carbocycles. The molecule has 1 nitrogen and oxygen atoms in total. The highest BCUT2D eigenvalue weighted by Gasteiger charge is 2.15. The highest BCUT2D eigenvalue weighted by atomic mass is 35.5. The number of hydrogen-bond donors (Lipinski definition) is 1. The second kappa shape index (κ2) is 4.53. The van der Waals surface area contributed by atoms with E-state index in [1.54, 1.807) is 18.2 Å². The van der Waals surface area contributed by atoms with Crippen molar-refractivity contribution < 1.29 is 9.50 Å². The van der Waals surface area contributed by atoms with Crippen LogP contribution in [0.3, 0.4) is 0 Å². The number of thiophene rings is 1. The number of aliphatic hydroxyl groups is 1. The lowest BCUT2D eigenvalue weighted by atomic mass is 10.0. The van der Waals surface area contributed by atoms with Crippen molar-refractivity contribution in [3.05, 3.63) is 56.5 Å². The van der Waals surface area contributed by atoms with Crippen molar-refractivity contribution in [1.29, 1.82) is 0 Å². The summed E-state index contributed by atoms with van der Waals surface area (Å²) in [6.07, 6.45) is -0.812. The van der Waals surface area contributed by atoms with Gasteiger partial charge in [0.15, 0.2) is 0 Å². The van der Waals surface area contributed by atoms with Crippen LogP contribution in [0.1, 0.15) is 22.1 Å². The van der Waals surface area contributed by atoms with E-state index in [-0.39, 0.29) is 5.82 Å². The first kappa shape index (κ1) is 11.6. The van der Waals surface area contributed by atoms with Gasteiger partial charge in [-0.15, -0.1) is 11.3 Å². The molecule has 0 radical (unpaired) electrons. The Hall–Kier alpha value is -0.900. The minimum Gasteiger partial charge on any atom is -0.383 e. The van der Waals surface area contributed by atoms with E-state index in [2.05, 4.69) is 0 Å². The van der Waals surface area contributed by atoms with Crippen molar-refractivity contribution in [3.63, 3.8) is 0 Å². The average Bonchev–Trinajstić information content (AvgIpc) is 2.67. The molecule has 2 aromatic rings. The molecular formula is C12H10ClFOS. The van der Waals surface area contributed by atoms with Crippen LogP contribution < -0.4 is 0 Å². The molecule has 84 valence electrons. The lowest BCUT2D eigenvalue weighted by Crippen LogP contribution is -2.00. The van der Waals surface area contributed by atoms with Gasteiger partial charge >= 0.3 is 0 Å². The molecule has 0 fully saturated rings. The average molecular weight is 257 g/mol. The Morgan fingerprint density at radius 1 is 1.31 bits per heavy atom. The minimum absolute atomic E-state index is 0.345. The third-order valence-corrected chi connectivity index (χ3v) is 3.68. The minimum atomic E-state index is -0.812. The fourth-order valence-corrected chi connectivity index (χ4v) is 2.60. The second-order valence-electron chi connectivity index (χ2n) is 3.55. The van der Waals surface area contributed by atoms with Crippen LogP contribution in [0.4, 0.5) is 4.39 Å². The van der Waals surface area contributed by atoms with Gasteiger partial charge in [0.25, 0.3) is 0 Å². The summed E-state index contributed by atoms with van der Waals surface area (Å²) < 4.78 is 13.7. The topological polar surface area (TPSA) is 20.2 Å². The number of hydrogen-bond acceptors (Lipinski definition) is 2. The summed E-state index contributed by atoms with van der Waals surface area (Å²) in [4.78, 5) is 0.721. The number of aliphatic hydroxyl groups excluding tert-OH is 1. The highest BCUT2D eigenvalue weighted by molar-refractivity contribution is 7.16. The Bertz CT molecular complexity index is 509. The van der Waals surface area contributed by atoms with E-state index in [9.17, 15) is 9.50 Å². The summed E-state index contributed by atoms with van der Waals surface area (Å²) in [5, 5.41) is 10.1. The summed E-state index contributed by atoms with van der Waals surface area (Å²) in [6.45, 7) is 1.84. The number of benzene rings is 1. The van der Waals surface area contributed by atoms with Crippen LogP contribution in [-0.2, 0) is 0 Å². The van der Waals surface area contributed by atoms with E-state index in [0.29, 0.717) is 9.90 Å². The maximum Gasteiger partial charge on any atom is 0.123 e. The number of rotatable bonds is 2. The molecule has 16 heavy (non-hydrogen) atoms. The summed E-state index contributed by atoms with van der Waals surface area (Å²) in [7, 11) is 0. The van der Waals surface area contributed by atoms with Crippen LogP contribution >= 0.6 is 22.9 Å². The molecule has 0 aliphatic heterocycles. The number of halogens is 2. The van der Waals surface area contributed by atoms with Gasteiger partial charge in [-0.2, -0.15) is 0 Å². The van der Waals surface area contributed by atoms with E-state index in [1.807, 2.05) is 6.92 Å². The summed E-state index contributed by atoms with van der Waals surface area (Å²) in [6, 6.07) is 7.87. The zero-order valence-electron chi connectivity index (χ0n) is 8.58. The third kappa shape index (κ3) is 2.26. The number of aryl methyl sites for hydroxylation is 1. The first-order valence-corrected chi connectivity index (χ1v) is 5.96. The first-order valence-electron chi connectivity index (χ1n) is 4.77. The lowest BCUT2D eigenvalue weighted by Gasteiger charge is -2.11. The summed E-state index contributed by atoms with van der Waals surface area (Å²) in [5.74, 6) is -0.345. The Morgan fingerprint density at radius 2 is 2.06 bits per heavy atom. The summed E-state index contributed by atoms with van der Waals surface area (Å²) >= 11 is 7.09. The van der Waals surface area contributed by atoms with Gasteiger partial charge in [0.2, 0.25) is 0 Å². The fourth-order valence-electron chi connectivity index (χ4n) is 1.53. The van der Waals surface area contributed by atoms with Crippen molar-refractivity contribution in [2.24, 2.45) is 0 Å². The molecule has 1 aromatic heterocycles. The van der Waals surface area contributed by atoms with Crippen LogP contribution in [-0.4, -0.2) is 5.11 Å². The Kier molecular flexibility index (Phi) is 3.28. The fraction of sp³-hybridized carbons (Fsp3) is 0.167.